The van der Waals surface area contributed by atoms with E-state index < -0.39 is 0 Å². The van der Waals surface area contributed by atoms with Crippen LogP contribution in [0.1, 0.15) is 56.7 Å². The number of carbonyl (C=O) groups is 1. The monoisotopic (exact) mass is 375 g/mol. The second kappa shape index (κ2) is 7.58. The first-order valence-electron chi connectivity index (χ1n) is 8.64. The van der Waals surface area contributed by atoms with E-state index >= 15 is 0 Å². The Morgan fingerprint density at radius 3 is 3.00 bits per heavy atom. The van der Waals surface area contributed by atoms with Crippen LogP contribution in [0.15, 0.2) is 0 Å². The highest BCUT2D eigenvalue weighted by Crippen LogP contribution is 2.44. The summed E-state index contributed by atoms with van der Waals surface area (Å²) in [5.74, 6) is 2.69. The van der Waals surface area contributed by atoms with Gasteiger partial charge in [0.2, 0.25) is 5.91 Å². The number of hydrogen-bond donors (Lipinski definition) is 2. The van der Waals surface area contributed by atoms with Crippen LogP contribution in [0.2, 0.25) is 0 Å². The van der Waals surface area contributed by atoms with Crippen molar-refractivity contribution in [3.05, 3.63) is 11.6 Å². The Labute approximate surface area is 155 Å². The first-order chi connectivity index (χ1) is 10.7. The third-order valence-electron chi connectivity index (χ3n) is 5.86. The molecule has 0 bridgehead atoms. The Hall–Kier alpha value is -0.850. The minimum Gasteiger partial charge on any atom is -0.346 e. The average Bonchev–Trinajstić information content (AvgIpc) is 3.21. The van der Waals surface area contributed by atoms with Gasteiger partial charge in [-0.3, -0.25) is 4.79 Å². The molecule has 1 unspecified atom stereocenters. The van der Waals surface area contributed by atoms with Crippen LogP contribution < -0.4 is 10.6 Å². The topological polar surface area (TPSA) is 71.8 Å². The summed E-state index contributed by atoms with van der Waals surface area (Å²) in [6.45, 7) is 4.83. The number of nitrogens with one attached hydrogen (secondary N) is 2. The molecule has 3 heterocycles. The summed E-state index contributed by atoms with van der Waals surface area (Å²) in [6.07, 6.45) is 6.75. The third-order valence-corrected chi connectivity index (χ3v) is 5.86. The van der Waals surface area contributed by atoms with Crippen LogP contribution in [-0.4, -0.2) is 33.8 Å². The van der Waals surface area contributed by atoms with Crippen molar-refractivity contribution in [2.24, 2.45) is 11.3 Å². The zero-order valence-corrected chi connectivity index (χ0v) is 15.7. The number of aryl methyl sites for hydroxylation is 1. The highest BCUT2D eigenvalue weighted by molar-refractivity contribution is 5.85. The van der Waals surface area contributed by atoms with Gasteiger partial charge in [-0.25, -0.2) is 0 Å². The Morgan fingerprint density at radius 1 is 1.33 bits per heavy atom. The van der Waals surface area contributed by atoms with Gasteiger partial charge < -0.3 is 15.2 Å². The number of carbonyl (C=O) groups excluding carboxylic acids is 1. The number of halogens is 2. The molecule has 6 nitrogen and oxygen atoms in total. The van der Waals surface area contributed by atoms with E-state index in [2.05, 4.69) is 25.4 Å². The van der Waals surface area contributed by atoms with Crippen LogP contribution in [0.4, 0.5) is 0 Å². The number of amides is 1. The molecule has 0 radical (unpaired) electrons. The number of fused-ring (bicyclic) bond motifs is 2. The zero-order chi connectivity index (χ0) is 15.2. The van der Waals surface area contributed by atoms with Gasteiger partial charge in [-0.1, -0.05) is 12.8 Å². The fourth-order valence-electron chi connectivity index (χ4n) is 4.59. The number of hydrogen-bond acceptors (Lipinski definition) is 4. The summed E-state index contributed by atoms with van der Waals surface area (Å²) in [4.78, 5) is 13.0. The smallest absolute Gasteiger partial charge is 0.228 e. The minimum atomic E-state index is -0.194. The van der Waals surface area contributed by atoms with Crippen LogP contribution in [-0.2, 0) is 17.8 Å². The molecule has 1 saturated heterocycles. The molecule has 0 aromatic carbocycles. The van der Waals surface area contributed by atoms with Crippen molar-refractivity contribution in [3.8, 4) is 0 Å². The maximum Gasteiger partial charge on any atom is 0.228 e. The van der Waals surface area contributed by atoms with Crippen molar-refractivity contribution in [2.75, 3.05) is 13.1 Å². The van der Waals surface area contributed by atoms with Gasteiger partial charge in [0.05, 0.1) is 11.5 Å². The molecule has 3 atom stereocenters. The molecule has 1 amide bonds. The molecule has 1 aromatic rings. The molecule has 1 saturated carbocycles. The summed E-state index contributed by atoms with van der Waals surface area (Å²) in [7, 11) is 0. The average molecular weight is 376 g/mol. The quantitative estimate of drug-likeness (QED) is 0.847. The molecule has 2 fully saturated rings. The molecule has 2 N–H and O–H groups in total. The van der Waals surface area contributed by atoms with E-state index in [0.717, 1.165) is 50.5 Å². The van der Waals surface area contributed by atoms with Crippen molar-refractivity contribution in [2.45, 2.75) is 58.0 Å². The lowest BCUT2D eigenvalue weighted by Gasteiger charge is -2.37. The van der Waals surface area contributed by atoms with Crippen LogP contribution in [0.25, 0.3) is 0 Å². The molecule has 2 aliphatic heterocycles. The van der Waals surface area contributed by atoms with Crippen molar-refractivity contribution >= 4 is 30.7 Å². The Kier molecular flexibility index (Phi) is 6.15. The molecule has 0 spiro atoms. The molecule has 1 aromatic heterocycles. The summed E-state index contributed by atoms with van der Waals surface area (Å²) in [5, 5.41) is 15.2. The van der Waals surface area contributed by atoms with E-state index in [1.165, 1.54) is 19.3 Å². The number of aromatic nitrogens is 3. The lowest BCUT2D eigenvalue weighted by Crippen LogP contribution is -2.48. The summed E-state index contributed by atoms with van der Waals surface area (Å²) in [6, 6.07) is -0.0654. The molecule has 8 heteroatoms. The molecule has 24 heavy (non-hydrogen) atoms. The van der Waals surface area contributed by atoms with E-state index in [-0.39, 0.29) is 42.2 Å². The molecule has 3 aliphatic rings. The van der Waals surface area contributed by atoms with Crippen LogP contribution in [0, 0.1) is 11.3 Å². The SMILES string of the molecule is CC(NC(=O)[C@@]12CCCC[C@H]1CNC2)c1nnc2n1CCC2.Cl.Cl. The highest BCUT2D eigenvalue weighted by Gasteiger charge is 2.50. The van der Waals surface area contributed by atoms with E-state index in [9.17, 15) is 4.79 Å². The molecular weight excluding hydrogens is 349 g/mol. The predicted octanol–water partition coefficient (Wildman–Crippen LogP) is 2.02. The highest BCUT2D eigenvalue weighted by atomic mass is 35.5. The van der Waals surface area contributed by atoms with E-state index in [0.29, 0.717) is 5.92 Å². The Balaban J connectivity index is 0.00000104. The van der Waals surface area contributed by atoms with Crippen LogP contribution in [0.5, 0.6) is 0 Å². The second-order valence-electron chi connectivity index (χ2n) is 7.15. The number of nitrogens with zero attached hydrogens (tertiary/aromatic N) is 3. The van der Waals surface area contributed by atoms with Gasteiger partial charge in [0.15, 0.2) is 5.82 Å². The van der Waals surface area contributed by atoms with Crippen LogP contribution >= 0.6 is 24.8 Å². The number of rotatable bonds is 3. The third kappa shape index (κ3) is 3.04. The lowest BCUT2D eigenvalue weighted by molar-refractivity contribution is -0.134. The van der Waals surface area contributed by atoms with E-state index in [1.807, 2.05) is 6.92 Å². The first-order valence-corrected chi connectivity index (χ1v) is 8.64. The Morgan fingerprint density at radius 2 is 2.17 bits per heavy atom. The van der Waals surface area contributed by atoms with Crippen molar-refractivity contribution in [1.29, 1.82) is 0 Å². The lowest BCUT2D eigenvalue weighted by atomic mass is 9.67. The van der Waals surface area contributed by atoms with Crippen molar-refractivity contribution in [3.63, 3.8) is 0 Å². The van der Waals surface area contributed by atoms with Crippen molar-refractivity contribution in [1.82, 2.24) is 25.4 Å². The van der Waals surface area contributed by atoms with E-state index in [1.54, 1.807) is 0 Å². The van der Waals surface area contributed by atoms with Gasteiger partial charge in [-0.15, -0.1) is 35.0 Å². The predicted molar refractivity (Wildman–Crippen MR) is 96.7 cm³/mol. The molecule has 1 aliphatic carbocycles. The van der Waals surface area contributed by atoms with Gasteiger partial charge >= 0.3 is 0 Å². The fourth-order valence-corrected chi connectivity index (χ4v) is 4.59. The van der Waals surface area contributed by atoms with E-state index in [4.69, 9.17) is 0 Å². The van der Waals surface area contributed by atoms with Gasteiger partial charge in [0.25, 0.3) is 0 Å². The standard InChI is InChI=1S/C16H25N5O.2ClH/c1-11(14-20-19-13-6-4-8-21(13)14)18-15(22)16-7-3-2-5-12(16)9-17-10-16;;/h11-12,17H,2-10H2,1H3,(H,18,22);2*1H/t11?,12-,16+;;/m0../s1. The fraction of sp³-hybridized carbons (Fsp3) is 0.812. The van der Waals surface area contributed by atoms with Gasteiger partial charge in [0, 0.05) is 19.5 Å². The minimum absolute atomic E-state index is 0. The first kappa shape index (κ1) is 19.5. The van der Waals surface area contributed by atoms with Gasteiger partial charge in [0.1, 0.15) is 5.82 Å². The largest absolute Gasteiger partial charge is 0.346 e. The van der Waals surface area contributed by atoms with Gasteiger partial charge in [-0.2, -0.15) is 0 Å². The molecular formula is C16H27Cl2N5O. The molecule has 136 valence electrons. The summed E-state index contributed by atoms with van der Waals surface area (Å²) in [5.41, 5.74) is -0.194. The summed E-state index contributed by atoms with van der Waals surface area (Å²) >= 11 is 0. The second-order valence-corrected chi connectivity index (χ2v) is 7.15. The van der Waals surface area contributed by atoms with Gasteiger partial charge in [-0.05, 0) is 38.6 Å². The summed E-state index contributed by atoms with van der Waals surface area (Å²) < 4.78 is 2.17. The maximum absolute atomic E-state index is 13.0. The normalized spacial score (nSPS) is 29.0. The maximum atomic E-state index is 13.0. The van der Waals surface area contributed by atoms with Crippen LogP contribution in [0.3, 0.4) is 0 Å². The molecule has 4 rings (SSSR count). The zero-order valence-electron chi connectivity index (χ0n) is 14.1. The Bertz CT molecular complexity index is 593. The van der Waals surface area contributed by atoms with Crippen molar-refractivity contribution < 1.29 is 4.79 Å².